The molecular weight excluding hydrogens is 332 g/mol. The third kappa shape index (κ3) is 2.76. The molecule has 2 rings (SSSR count). The molecule has 1 aromatic heterocycles. The van der Waals surface area contributed by atoms with Crippen molar-refractivity contribution in [3.05, 3.63) is 51.3 Å². The lowest BCUT2D eigenvalue weighted by Gasteiger charge is -2.09. The zero-order chi connectivity index (χ0) is 13.3. The van der Waals surface area contributed by atoms with E-state index in [1.54, 1.807) is 18.2 Å². The van der Waals surface area contributed by atoms with Crippen LogP contribution < -0.4 is 5.32 Å². The molecule has 2 aromatic rings. The van der Waals surface area contributed by atoms with Gasteiger partial charge in [0.15, 0.2) is 17.5 Å². The number of hydrogen-bond donors (Lipinski definition) is 1. The Bertz CT molecular complexity index is 607. The number of aromatic nitrogens is 1. The molecule has 7 heteroatoms. The number of pyridine rings is 1. The maximum atomic E-state index is 13.4. The Balaban J connectivity index is 2.40. The topological polar surface area (TPSA) is 24.9 Å². The number of benzene rings is 1. The first-order valence-corrected chi connectivity index (χ1v) is 5.88. The Hall–Kier alpha value is -1.27. The van der Waals surface area contributed by atoms with Crippen LogP contribution in [0.4, 0.5) is 24.7 Å². The lowest BCUT2D eigenvalue weighted by atomic mass is 10.3. The van der Waals surface area contributed by atoms with E-state index in [9.17, 15) is 13.2 Å². The monoisotopic (exact) mass is 336 g/mol. The Kier molecular flexibility index (Phi) is 3.77. The molecule has 2 nitrogen and oxygen atoms in total. The zero-order valence-corrected chi connectivity index (χ0v) is 11.0. The first kappa shape index (κ1) is 13.2. The number of nitrogens with one attached hydrogen (secondary N) is 1. The van der Waals surface area contributed by atoms with Crippen molar-refractivity contribution in [2.75, 3.05) is 5.32 Å². The van der Waals surface area contributed by atoms with Crippen LogP contribution in [0, 0.1) is 17.6 Å². The summed E-state index contributed by atoms with van der Waals surface area (Å²) in [6.45, 7) is 0. The van der Waals surface area contributed by atoms with Gasteiger partial charge in [0, 0.05) is 10.5 Å². The molecule has 1 aromatic carbocycles. The fraction of sp³-hybridized carbons (Fsp3) is 0. The molecule has 0 aliphatic carbocycles. The van der Waals surface area contributed by atoms with Crippen LogP contribution in [0.3, 0.4) is 0 Å². The summed E-state index contributed by atoms with van der Waals surface area (Å²) in [6, 6.07) is 5.22. The number of anilines is 2. The summed E-state index contributed by atoms with van der Waals surface area (Å²) in [6.07, 6.45) is 0. The molecule has 0 fully saturated rings. The van der Waals surface area contributed by atoms with Gasteiger partial charge in [-0.25, -0.2) is 8.78 Å². The molecule has 18 heavy (non-hydrogen) atoms. The van der Waals surface area contributed by atoms with Crippen molar-refractivity contribution in [3.8, 4) is 0 Å². The van der Waals surface area contributed by atoms with E-state index < -0.39 is 23.4 Å². The number of nitrogens with zero attached hydrogens (tertiary/aromatic N) is 1. The molecular formula is C11H5BrClF3N2. The van der Waals surface area contributed by atoms with Gasteiger partial charge in [-0.05, 0) is 18.2 Å². The molecule has 0 aliphatic rings. The minimum atomic E-state index is -1.38. The Morgan fingerprint density at radius 1 is 1.11 bits per heavy atom. The fourth-order valence-corrected chi connectivity index (χ4v) is 1.78. The van der Waals surface area contributed by atoms with Gasteiger partial charge in [0.2, 0.25) is 0 Å². The third-order valence-electron chi connectivity index (χ3n) is 2.07. The summed E-state index contributed by atoms with van der Waals surface area (Å²) in [4.78, 5) is 3.14. The molecule has 0 saturated heterocycles. The summed E-state index contributed by atoms with van der Waals surface area (Å²) in [7, 11) is 0. The minimum absolute atomic E-state index is 0.295. The van der Waals surface area contributed by atoms with E-state index in [4.69, 9.17) is 11.6 Å². The summed E-state index contributed by atoms with van der Waals surface area (Å²) < 4.78 is 39.7. The van der Waals surface area contributed by atoms with Gasteiger partial charge in [0.05, 0.1) is 10.7 Å². The second kappa shape index (κ2) is 5.16. The van der Waals surface area contributed by atoms with Crippen molar-refractivity contribution < 1.29 is 13.2 Å². The SMILES string of the molecule is Fc1cc(F)c(Nc2cc(Br)ccc2Cl)nc1F. The molecule has 1 heterocycles. The van der Waals surface area contributed by atoms with Gasteiger partial charge in [-0.3, -0.25) is 0 Å². The normalized spacial score (nSPS) is 10.5. The highest BCUT2D eigenvalue weighted by molar-refractivity contribution is 9.10. The predicted octanol–water partition coefficient (Wildman–Crippen LogP) is 4.66. The standard InChI is InChI=1S/C11H5BrClF3N2/c12-5-1-2-6(13)9(3-5)17-11-8(15)4-7(14)10(16)18-11/h1-4H,(H,17,18). The van der Waals surface area contributed by atoms with E-state index in [0.29, 0.717) is 21.2 Å². The van der Waals surface area contributed by atoms with Gasteiger partial charge < -0.3 is 5.32 Å². The van der Waals surface area contributed by atoms with Crippen molar-refractivity contribution in [1.82, 2.24) is 4.98 Å². The van der Waals surface area contributed by atoms with Gasteiger partial charge in [-0.2, -0.15) is 9.37 Å². The van der Waals surface area contributed by atoms with Crippen LogP contribution in [0.25, 0.3) is 0 Å². The van der Waals surface area contributed by atoms with Crippen molar-refractivity contribution in [2.45, 2.75) is 0 Å². The largest absolute Gasteiger partial charge is 0.336 e. The van der Waals surface area contributed by atoms with Crippen molar-refractivity contribution in [3.63, 3.8) is 0 Å². The molecule has 0 spiro atoms. The van der Waals surface area contributed by atoms with E-state index in [1.807, 2.05) is 0 Å². The molecule has 94 valence electrons. The number of halogens is 5. The van der Waals surface area contributed by atoms with Crippen LogP contribution >= 0.6 is 27.5 Å². The molecule has 0 amide bonds. The van der Waals surface area contributed by atoms with Gasteiger partial charge in [0.25, 0.3) is 5.95 Å². The van der Waals surface area contributed by atoms with Crippen molar-refractivity contribution in [2.24, 2.45) is 0 Å². The van der Waals surface area contributed by atoms with Gasteiger partial charge in [-0.1, -0.05) is 27.5 Å². The van der Waals surface area contributed by atoms with E-state index in [0.717, 1.165) is 0 Å². The Morgan fingerprint density at radius 3 is 2.56 bits per heavy atom. The second-order valence-electron chi connectivity index (χ2n) is 3.34. The predicted molar refractivity (Wildman–Crippen MR) is 66.5 cm³/mol. The summed E-state index contributed by atoms with van der Waals surface area (Å²) in [5.41, 5.74) is 0.323. The van der Waals surface area contributed by atoms with Crippen LogP contribution in [0.1, 0.15) is 0 Å². The zero-order valence-electron chi connectivity index (χ0n) is 8.65. The summed E-state index contributed by atoms with van der Waals surface area (Å²) in [5.74, 6) is -4.18. The van der Waals surface area contributed by atoms with E-state index in [-0.39, 0.29) is 0 Å². The van der Waals surface area contributed by atoms with Crippen LogP contribution in [0.2, 0.25) is 5.02 Å². The lowest BCUT2D eigenvalue weighted by Crippen LogP contribution is -2.02. The highest BCUT2D eigenvalue weighted by Gasteiger charge is 2.13. The average molecular weight is 338 g/mol. The third-order valence-corrected chi connectivity index (χ3v) is 2.89. The van der Waals surface area contributed by atoms with Crippen molar-refractivity contribution in [1.29, 1.82) is 0 Å². The molecule has 0 atom stereocenters. The molecule has 0 radical (unpaired) electrons. The quantitative estimate of drug-likeness (QED) is 0.806. The first-order chi connectivity index (χ1) is 8.47. The van der Waals surface area contributed by atoms with Crippen LogP contribution in [-0.4, -0.2) is 4.98 Å². The summed E-state index contributed by atoms with van der Waals surface area (Å²) >= 11 is 9.08. The van der Waals surface area contributed by atoms with Crippen LogP contribution in [-0.2, 0) is 0 Å². The van der Waals surface area contributed by atoms with Gasteiger partial charge in [-0.15, -0.1) is 0 Å². The summed E-state index contributed by atoms with van der Waals surface area (Å²) in [5, 5.41) is 2.79. The maximum absolute atomic E-state index is 13.4. The lowest BCUT2D eigenvalue weighted by molar-refractivity contribution is 0.467. The minimum Gasteiger partial charge on any atom is -0.336 e. The molecule has 1 N–H and O–H groups in total. The first-order valence-electron chi connectivity index (χ1n) is 4.71. The average Bonchev–Trinajstić information content (AvgIpc) is 2.30. The highest BCUT2D eigenvalue weighted by Crippen LogP contribution is 2.29. The second-order valence-corrected chi connectivity index (χ2v) is 4.66. The number of hydrogen-bond acceptors (Lipinski definition) is 2. The Morgan fingerprint density at radius 2 is 1.83 bits per heavy atom. The maximum Gasteiger partial charge on any atom is 0.251 e. The van der Waals surface area contributed by atoms with Crippen LogP contribution in [0.5, 0.6) is 0 Å². The highest BCUT2D eigenvalue weighted by atomic mass is 79.9. The van der Waals surface area contributed by atoms with E-state index >= 15 is 0 Å². The van der Waals surface area contributed by atoms with Gasteiger partial charge in [0.1, 0.15) is 0 Å². The Labute approximate surface area is 114 Å². The van der Waals surface area contributed by atoms with E-state index in [2.05, 4.69) is 26.2 Å². The molecule has 0 saturated carbocycles. The van der Waals surface area contributed by atoms with Crippen LogP contribution in [0.15, 0.2) is 28.7 Å². The smallest absolute Gasteiger partial charge is 0.251 e. The molecule has 0 aliphatic heterocycles. The fourth-order valence-electron chi connectivity index (χ4n) is 1.25. The van der Waals surface area contributed by atoms with Gasteiger partial charge >= 0.3 is 0 Å². The molecule has 0 unspecified atom stereocenters. The van der Waals surface area contributed by atoms with Crippen molar-refractivity contribution >= 4 is 39.0 Å². The molecule has 0 bridgehead atoms. The number of rotatable bonds is 2. The van der Waals surface area contributed by atoms with E-state index in [1.165, 1.54) is 0 Å².